The highest BCUT2D eigenvalue weighted by atomic mass is 79.9. The number of hydrogen-bond donors (Lipinski definition) is 1. The van der Waals surface area contributed by atoms with E-state index in [-0.39, 0.29) is 18.3 Å². The molecule has 1 amide bonds. The van der Waals surface area contributed by atoms with Crippen LogP contribution in [0.4, 0.5) is 4.39 Å². The molecule has 0 saturated heterocycles. The Morgan fingerprint density at radius 2 is 1.97 bits per heavy atom. The second-order valence-electron chi connectivity index (χ2n) is 6.93. The summed E-state index contributed by atoms with van der Waals surface area (Å²) in [5.41, 5.74) is 5.25. The molecule has 0 radical (unpaired) electrons. The van der Waals surface area contributed by atoms with Gasteiger partial charge in [-0.1, -0.05) is 40.2 Å². The number of nitrogens with one attached hydrogen (secondary N) is 1. The summed E-state index contributed by atoms with van der Waals surface area (Å²) in [5, 5.41) is 5.03. The van der Waals surface area contributed by atoms with Gasteiger partial charge in [-0.25, -0.2) is 9.82 Å². The number of ether oxygens (including phenoxy) is 1. The van der Waals surface area contributed by atoms with Gasteiger partial charge in [-0.3, -0.25) is 4.79 Å². The van der Waals surface area contributed by atoms with Gasteiger partial charge in [0.05, 0.1) is 6.21 Å². The lowest BCUT2D eigenvalue weighted by Gasteiger charge is -2.06. The largest absolute Gasteiger partial charge is 0.484 e. The Morgan fingerprint density at radius 1 is 1.10 bits per heavy atom. The van der Waals surface area contributed by atoms with Crippen molar-refractivity contribution in [2.75, 3.05) is 6.61 Å². The average molecular weight is 480 g/mol. The monoisotopic (exact) mass is 479 g/mol. The van der Waals surface area contributed by atoms with Crippen molar-refractivity contribution in [1.82, 2.24) is 9.99 Å². The standard InChI is InChI=1S/C24H19BrFN3O2/c25-20-4-2-6-22(13-20)31-16-24(30)28-27-14-17-7-8-23-19(11-17)9-10-29(23)15-18-3-1-5-21(26)12-18/h1-14H,15-16H2,(H,28,30)/b27-14-. The first-order valence-corrected chi connectivity index (χ1v) is 10.4. The van der Waals surface area contributed by atoms with E-state index in [0.717, 1.165) is 26.5 Å². The van der Waals surface area contributed by atoms with E-state index in [2.05, 4.69) is 31.0 Å². The van der Waals surface area contributed by atoms with Crippen LogP contribution in [0.3, 0.4) is 0 Å². The number of hydrogen-bond acceptors (Lipinski definition) is 3. The molecule has 4 rings (SSSR count). The highest BCUT2D eigenvalue weighted by Crippen LogP contribution is 2.19. The molecule has 0 aliphatic rings. The normalized spacial score (nSPS) is 11.2. The zero-order valence-electron chi connectivity index (χ0n) is 16.5. The van der Waals surface area contributed by atoms with Crippen LogP contribution in [0, 0.1) is 5.82 Å². The lowest BCUT2D eigenvalue weighted by atomic mass is 10.1. The average Bonchev–Trinajstić information content (AvgIpc) is 3.14. The Balaban J connectivity index is 1.35. The maximum atomic E-state index is 13.4. The van der Waals surface area contributed by atoms with Gasteiger partial charge in [0, 0.05) is 28.1 Å². The fourth-order valence-electron chi connectivity index (χ4n) is 3.19. The van der Waals surface area contributed by atoms with Crippen LogP contribution >= 0.6 is 15.9 Å². The van der Waals surface area contributed by atoms with Crippen molar-refractivity contribution in [3.63, 3.8) is 0 Å². The molecular weight excluding hydrogens is 461 g/mol. The molecule has 3 aromatic carbocycles. The molecule has 1 heterocycles. The molecule has 0 saturated carbocycles. The van der Waals surface area contributed by atoms with Gasteiger partial charge in [-0.15, -0.1) is 0 Å². The number of nitrogens with zero attached hydrogens (tertiary/aromatic N) is 2. The summed E-state index contributed by atoms with van der Waals surface area (Å²) in [6.07, 6.45) is 3.55. The van der Waals surface area contributed by atoms with Gasteiger partial charge in [-0.05, 0) is 59.7 Å². The summed E-state index contributed by atoms with van der Waals surface area (Å²) in [4.78, 5) is 11.9. The van der Waals surface area contributed by atoms with Crippen molar-refractivity contribution in [2.24, 2.45) is 5.10 Å². The second kappa shape index (κ2) is 9.57. The number of amides is 1. The zero-order valence-corrected chi connectivity index (χ0v) is 18.0. The third kappa shape index (κ3) is 5.58. The van der Waals surface area contributed by atoms with Crippen molar-refractivity contribution >= 4 is 39.0 Å². The van der Waals surface area contributed by atoms with Crippen LogP contribution in [-0.2, 0) is 11.3 Å². The molecule has 0 fully saturated rings. The fraction of sp³-hybridized carbons (Fsp3) is 0.0833. The molecule has 0 spiro atoms. The topological polar surface area (TPSA) is 55.6 Å². The number of benzene rings is 3. The minimum absolute atomic E-state index is 0.129. The van der Waals surface area contributed by atoms with Crippen molar-refractivity contribution in [3.8, 4) is 5.75 Å². The van der Waals surface area contributed by atoms with E-state index < -0.39 is 0 Å². The number of fused-ring (bicyclic) bond motifs is 1. The van der Waals surface area contributed by atoms with E-state index in [1.165, 1.54) is 12.1 Å². The highest BCUT2D eigenvalue weighted by molar-refractivity contribution is 9.10. The number of aromatic nitrogens is 1. The number of carbonyl (C=O) groups excluding carboxylic acids is 1. The van der Waals surface area contributed by atoms with E-state index >= 15 is 0 Å². The molecule has 0 unspecified atom stereocenters. The van der Waals surface area contributed by atoms with E-state index in [1.807, 2.05) is 48.7 Å². The molecule has 5 nitrogen and oxygen atoms in total. The van der Waals surface area contributed by atoms with E-state index in [1.54, 1.807) is 24.4 Å². The smallest absolute Gasteiger partial charge is 0.277 e. The van der Waals surface area contributed by atoms with E-state index in [0.29, 0.717) is 12.3 Å². The molecule has 0 aliphatic heterocycles. The molecule has 1 N–H and O–H groups in total. The van der Waals surface area contributed by atoms with Crippen LogP contribution in [-0.4, -0.2) is 23.3 Å². The summed E-state index contributed by atoms with van der Waals surface area (Å²) in [6, 6.07) is 21.7. The fourth-order valence-corrected chi connectivity index (χ4v) is 3.56. The van der Waals surface area contributed by atoms with Crippen molar-refractivity contribution in [1.29, 1.82) is 0 Å². The highest BCUT2D eigenvalue weighted by Gasteiger charge is 2.05. The number of carbonyl (C=O) groups is 1. The van der Waals surface area contributed by atoms with Gasteiger partial charge >= 0.3 is 0 Å². The van der Waals surface area contributed by atoms with Gasteiger partial charge < -0.3 is 9.30 Å². The predicted octanol–water partition coefficient (Wildman–Crippen LogP) is 5.12. The van der Waals surface area contributed by atoms with Gasteiger partial charge in [0.2, 0.25) is 0 Å². The van der Waals surface area contributed by atoms with Gasteiger partial charge in [0.1, 0.15) is 11.6 Å². The Labute approximate surface area is 187 Å². The Bertz CT molecular complexity index is 1250. The predicted molar refractivity (Wildman–Crippen MR) is 123 cm³/mol. The number of hydrazone groups is 1. The molecule has 0 aliphatic carbocycles. The lowest BCUT2D eigenvalue weighted by molar-refractivity contribution is -0.123. The van der Waals surface area contributed by atoms with Crippen molar-refractivity contribution < 1.29 is 13.9 Å². The SMILES string of the molecule is O=C(COc1cccc(Br)c1)N/N=C\c1ccc2c(ccn2Cc2cccc(F)c2)c1. The minimum atomic E-state index is -0.349. The van der Waals surface area contributed by atoms with Crippen LogP contribution in [0.25, 0.3) is 10.9 Å². The van der Waals surface area contributed by atoms with Crippen LogP contribution < -0.4 is 10.2 Å². The quantitative estimate of drug-likeness (QED) is 0.295. The summed E-state index contributed by atoms with van der Waals surface area (Å²) in [7, 11) is 0. The summed E-state index contributed by atoms with van der Waals surface area (Å²) in [5.74, 6) is 0.0109. The maximum absolute atomic E-state index is 13.4. The van der Waals surface area contributed by atoms with Gasteiger partial charge in [0.15, 0.2) is 6.61 Å². The molecule has 1 aromatic heterocycles. The van der Waals surface area contributed by atoms with Crippen LogP contribution in [0.2, 0.25) is 0 Å². The number of halogens is 2. The third-order valence-corrected chi connectivity index (χ3v) is 5.10. The van der Waals surface area contributed by atoms with Crippen LogP contribution in [0.5, 0.6) is 5.75 Å². The second-order valence-corrected chi connectivity index (χ2v) is 7.85. The molecular formula is C24H19BrFN3O2. The molecule has 7 heteroatoms. The first-order valence-electron chi connectivity index (χ1n) is 9.60. The Kier molecular flexibility index (Phi) is 6.43. The molecule has 0 atom stereocenters. The zero-order chi connectivity index (χ0) is 21.6. The van der Waals surface area contributed by atoms with Crippen LogP contribution in [0.15, 0.2) is 88.6 Å². The maximum Gasteiger partial charge on any atom is 0.277 e. The minimum Gasteiger partial charge on any atom is -0.484 e. The van der Waals surface area contributed by atoms with Crippen LogP contribution in [0.1, 0.15) is 11.1 Å². The molecule has 31 heavy (non-hydrogen) atoms. The Morgan fingerprint density at radius 3 is 2.81 bits per heavy atom. The number of rotatable bonds is 7. The van der Waals surface area contributed by atoms with E-state index in [4.69, 9.17) is 4.74 Å². The summed E-state index contributed by atoms with van der Waals surface area (Å²) in [6.45, 7) is 0.457. The lowest BCUT2D eigenvalue weighted by Crippen LogP contribution is -2.24. The molecule has 0 bridgehead atoms. The molecule has 4 aromatic rings. The van der Waals surface area contributed by atoms with Gasteiger partial charge in [0.25, 0.3) is 5.91 Å². The summed E-state index contributed by atoms with van der Waals surface area (Å²) >= 11 is 3.35. The Hall–Kier alpha value is -3.45. The van der Waals surface area contributed by atoms with Crippen molar-refractivity contribution in [2.45, 2.75) is 6.54 Å². The third-order valence-electron chi connectivity index (χ3n) is 4.61. The van der Waals surface area contributed by atoms with Gasteiger partial charge in [-0.2, -0.15) is 5.10 Å². The van der Waals surface area contributed by atoms with Crippen molar-refractivity contribution in [3.05, 3.63) is 100 Å². The first kappa shape index (κ1) is 20.8. The first-order chi connectivity index (χ1) is 15.1. The summed E-state index contributed by atoms with van der Waals surface area (Å²) < 4.78 is 21.8. The molecule has 156 valence electrons. The van der Waals surface area contributed by atoms with E-state index in [9.17, 15) is 9.18 Å².